The summed E-state index contributed by atoms with van der Waals surface area (Å²) >= 11 is 5.90. The number of hydrogen-bond donors (Lipinski definition) is 1. The lowest BCUT2D eigenvalue weighted by Crippen LogP contribution is -2.14. The van der Waals surface area contributed by atoms with Crippen molar-refractivity contribution < 1.29 is 17.9 Å². The van der Waals surface area contributed by atoms with Crippen LogP contribution in [0.25, 0.3) is 0 Å². The summed E-state index contributed by atoms with van der Waals surface area (Å²) in [5.41, 5.74) is 1.54. The van der Waals surface area contributed by atoms with E-state index in [1.54, 1.807) is 12.1 Å². The van der Waals surface area contributed by atoms with Crippen LogP contribution in [-0.4, -0.2) is 21.5 Å². The average molecular weight is 354 g/mol. The predicted octanol–water partition coefficient (Wildman–Crippen LogP) is 3.49. The van der Waals surface area contributed by atoms with Crippen molar-refractivity contribution in [2.24, 2.45) is 0 Å². The van der Waals surface area contributed by atoms with Crippen molar-refractivity contribution in [1.82, 2.24) is 0 Å². The summed E-state index contributed by atoms with van der Waals surface area (Å²) < 4.78 is 31.9. The molecule has 0 atom stereocenters. The fraction of sp³-hybridized carbons (Fsp3) is 0.188. The molecular formula is C16H16ClNO4S. The Hall–Kier alpha value is -2.05. The molecule has 0 aliphatic heterocycles. The third-order valence-corrected chi connectivity index (χ3v) is 4.98. The summed E-state index contributed by atoms with van der Waals surface area (Å²) in [5.74, 6) is -0.695. The van der Waals surface area contributed by atoms with Crippen LogP contribution in [0.3, 0.4) is 0 Å². The number of benzene rings is 2. The van der Waals surface area contributed by atoms with Crippen LogP contribution in [0, 0.1) is 0 Å². The van der Waals surface area contributed by atoms with Gasteiger partial charge in [0.1, 0.15) is 0 Å². The molecule has 0 aromatic heterocycles. The highest BCUT2D eigenvalue weighted by Crippen LogP contribution is 2.23. The molecule has 0 saturated heterocycles. The second-order valence-electron chi connectivity index (χ2n) is 4.79. The van der Waals surface area contributed by atoms with Gasteiger partial charge in [0.15, 0.2) is 0 Å². The van der Waals surface area contributed by atoms with E-state index in [2.05, 4.69) is 9.46 Å². The first-order chi connectivity index (χ1) is 10.9. The number of methoxy groups -OCH3 is 1. The molecule has 122 valence electrons. The van der Waals surface area contributed by atoms with Gasteiger partial charge in [0.05, 0.1) is 22.6 Å². The molecule has 2 rings (SSSR count). The van der Waals surface area contributed by atoms with E-state index in [4.69, 9.17) is 11.6 Å². The van der Waals surface area contributed by atoms with E-state index in [-0.39, 0.29) is 15.5 Å². The largest absolute Gasteiger partial charge is 0.465 e. The van der Waals surface area contributed by atoms with Gasteiger partial charge in [0, 0.05) is 5.69 Å². The second-order valence-corrected chi connectivity index (χ2v) is 6.88. The quantitative estimate of drug-likeness (QED) is 0.835. The first-order valence-electron chi connectivity index (χ1n) is 6.87. The SMILES string of the molecule is CCc1ccc(NS(=O)(=O)c2ccc(Cl)c(C(=O)OC)c2)cc1. The van der Waals surface area contributed by atoms with Crippen molar-refractivity contribution >= 4 is 33.3 Å². The molecule has 1 N–H and O–H groups in total. The van der Waals surface area contributed by atoms with E-state index in [1.165, 1.54) is 25.3 Å². The molecule has 0 aliphatic rings. The number of ether oxygens (including phenoxy) is 1. The molecule has 0 heterocycles. The Bertz CT molecular complexity index is 816. The molecule has 0 bridgehead atoms. The number of esters is 1. The Labute approximate surface area is 140 Å². The zero-order valence-electron chi connectivity index (χ0n) is 12.7. The number of carbonyl (C=O) groups is 1. The molecular weight excluding hydrogens is 338 g/mol. The minimum absolute atomic E-state index is 0.00151. The number of rotatable bonds is 5. The van der Waals surface area contributed by atoms with Crippen molar-refractivity contribution in [2.75, 3.05) is 11.8 Å². The smallest absolute Gasteiger partial charge is 0.339 e. The van der Waals surface area contributed by atoms with Crippen LogP contribution >= 0.6 is 11.6 Å². The number of nitrogens with one attached hydrogen (secondary N) is 1. The van der Waals surface area contributed by atoms with Gasteiger partial charge in [-0.3, -0.25) is 4.72 Å². The maximum absolute atomic E-state index is 12.4. The Balaban J connectivity index is 2.33. The van der Waals surface area contributed by atoms with Gasteiger partial charge in [-0.1, -0.05) is 30.7 Å². The van der Waals surface area contributed by atoms with E-state index in [0.717, 1.165) is 12.0 Å². The molecule has 0 amide bonds. The van der Waals surface area contributed by atoms with Crippen LogP contribution in [-0.2, 0) is 21.2 Å². The third kappa shape index (κ3) is 4.03. The number of halogens is 1. The van der Waals surface area contributed by atoms with Gasteiger partial charge in [-0.2, -0.15) is 0 Å². The fourth-order valence-electron chi connectivity index (χ4n) is 1.96. The highest BCUT2D eigenvalue weighted by Gasteiger charge is 2.19. The van der Waals surface area contributed by atoms with Crippen molar-refractivity contribution in [3.8, 4) is 0 Å². The van der Waals surface area contributed by atoms with E-state index in [1.807, 2.05) is 19.1 Å². The van der Waals surface area contributed by atoms with Gasteiger partial charge in [0.25, 0.3) is 10.0 Å². The molecule has 2 aromatic rings. The standard InChI is InChI=1S/C16H16ClNO4S/c1-3-11-4-6-12(7-5-11)18-23(20,21)13-8-9-15(17)14(10-13)16(19)22-2/h4-10,18H,3H2,1-2H3. The first-order valence-corrected chi connectivity index (χ1v) is 8.73. The van der Waals surface area contributed by atoms with Crippen molar-refractivity contribution in [3.05, 3.63) is 58.6 Å². The maximum atomic E-state index is 12.4. The number of hydrogen-bond acceptors (Lipinski definition) is 4. The normalized spacial score (nSPS) is 11.1. The summed E-state index contributed by atoms with van der Waals surface area (Å²) in [5, 5.41) is 0.128. The van der Waals surface area contributed by atoms with Gasteiger partial charge in [-0.15, -0.1) is 0 Å². The van der Waals surface area contributed by atoms with Gasteiger partial charge in [-0.25, -0.2) is 13.2 Å². The Morgan fingerprint density at radius 3 is 2.39 bits per heavy atom. The summed E-state index contributed by atoms with van der Waals surface area (Å²) in [6.07, 6.45) is 0.868. The predicted molar refractivity (Wildman–Crippen MR) is 89.4 cm³/mol. The average Bonchev–Trinajstić information content (AvgIpc) is 2.54. The molecule has 7 heteroatoms. The topological polar surface area (TPSA) is 72.5 Å². The Morgan fingerprint density at radius 1 is 1.17 bits per heavy atom. The van der Waals surface area contributed by atoms with Crippen molar-refractivity contribution in [2.45, 2.75) is 18.2 Å². The highest BCUT2D eigenvalue weighted by molar-refractivity contribution is 7.92. The Morgan fingerprint density at radius 2 is 1.83 bits per heavy atom. The lowest BCUT2D eigenvalue weighted by atomic mass is 10.2. The molecule has 23 heavy (non-hydrogen) atoms. The molecule has 0 fully saturated rings. The van der Waals surface area contributed by atoms with Crippen LogP contribution < -0.4 is 4.72 Å². The van der Waals surface area contributed by atoms with E-state index in [0.29, 0.717) is 5.69 Å². The fourth-order valence-corrected chi connectivity index (χ4v) is 3.24. The van der Waals surface area contributed by atoms with Crippen LogP contribution in [0.2, 0.25) is 5.02 Å². The maximum Gasteiger partial charge on any atom is 0.339 e. The first kappa shape index (κ1) is 17.3. The number of aryl methyl sites for hydroxylation is 1. The summed E-state index contributed by atoms with van der Waals surface area (Å²) in [7, 11) is -2.63. The van der Waals surface area contributed by atoms with Crippen LogP contribution in [0.15, 0.2) is 47.4 Å². The summed E-state index contributed by atoms with van der Waals surface area (Å²) in [4.78, 5) is 11.6. The van der Waals surface area contributed by atoms with Crippen LogP contribution in [0.1, 0.15) is 22.8 Å². The van der Waals surface area contributed by atoms with E-state index < -0.39 is 16.0 Å². The van der Waals surface area contributed by atoms with Gasteiger partial charge >= 0.3 is 5.97 Å². The number of anilines is 1. The molecule has 0 aliphatic carbocycles. The summed E-state index contributed by atoms with van der Waals surface area (Å²) in [6, 6.07) is 10.9. The van der Waals surface area contributed by atoms with Crippen LogP contribution in [0.4, 0.5) is 5.69 Å². The highest BCUT2D eigenvalue weighted by atomic mass is 35.5. The van der Waals surface area contributed by atoms with E-state index in [9.17, 15) is 13.2 Å². The number of sulfonamides is 1. The zero-order chi connectivity index (χ0) is 17.0. The van der Waals surface area contributed by atoms with Crippen molar-refractivity contribution in [1.29, 1.82) is 0 Å². The minimum atomic E-state index is -3.83. The molecule has 0 saturated carbocycles. The molecule has 0 radical (unpaired) electrons. The molecule has 5 nitrogen and oxygen atoms in total. The van der Waals surface area contributed by atoms with Gasteiger partial charge in [-0.05, 0) is 42.3 Å². The van der Waals surface area contributed by atoms with Gasteiger partial charge < -0.3 is 4.74 Å². The summed E-state index contributed by atoms with van der Waals surface area (Å²) in [6.45, 7) is 2.02. The van der Waals surface area contributed by atoms with Crippen molar-refractivity contribution in [3.63, 3.8) is 0 Å². The monoisotopic (exact) mass is 353 g/mol. The second kappa shape index (κ2) is 7.02. The Kier molecular flexibility index (Phi) is 5.28. The minimum Gasteiger partial charge on any atom is -0.465 e. The number of carbonyl (C=O) groups excluding carboxylic acids is 1. The van der Waals surface area contributed by atoms with Crippen LogP contribution in [0.5, 0.6) is 0 Å². The zero-order valence-corrected chi connectivity index (χ0v) is 14.2. The van der Waals surface area contributed by atoms with Gasteiger partial charge in [0.2, 0.25) is 0 Å². The lowest BCUT2D eigenvalue weighted by Gasteiger charge is -2.10. The molecule has 0 unspecified atom stereocenters. The lowest BCUT2D eigenvalue weighted by molar-refractivity contribution is 0.0600. The molecule has 0 spiro atoms. The third-order valence-electron chi connectivity index (χ3n) is 3.27. The van der Waals surface area contributed by atoms with E-state index >= 15 is 0 Å². The molecule has 2 aromatic carbocycles.